The lowest BCUT2D eigenvalue weighted by molar-refractivity contribution is -0.110. The number of rotatable bonds is 3. The van der Waals surface area contributed by atoms with Crippen molar-refractivity contribution in [2.24, 2.45) is 5.16 Å². The highest BCUT2D eigenvalue weighted by Crippen LogP contribution is 2.29. The van der Waals surface area contributed by atoms with Gasteiger partial charge in [0.2, 0.25) is 0 Å². The highest BCUT2D eigenvalue weighted by molar-refractivity contribution is 8.00. The van der Waals surface area contributed by atoms with Gasteiger partial charge in [-0.25, -0.2) is 4.98 Å². The number of aromatic nitrogens is 1. The predicted molar refractivity (Wildman–Crippen MR) is 70.3 cm³/mol. The van der Waals surface area contributed by atoms with E-state index in [1.165, 1.54) is 0 Å². The maximum Gasteiger partial charge on any atom is 0.270 e. The highest BCUT2D eigenvalue weighted by atomic mass is 32.2. The fourth-order valence-electron chi connectivity index (χ4n) is 1.30. The van der Waals surface area contributed by atoms with Gasteiger partial charge in [-0.05, 0) is 24.5 Å². The summed E-state index contributed by atoms with van der Waals surface area (Å²) in [6, 6.07) is 5.45. The molecule has 0 saturated heterocycles. The van der Waals surface area contributed by atoms with Crippen molar-refractivity contribution in [3.63, 3.8) is 0 Å². The number of hydrogen-bond donors (Lipinski definition) is 2. The Bertz CT molecular complexity index is 580. The van der Waals surface area contributed by atoms with Crippen LogP contribution in [0, 0.1) is 0 Å². The van der Waals surface area contributed by atoms with Crippen molar-refractivity contribution in [3.8, 4) is 0 Å². The van der Waals surface area contributed by atoms with Crippen molar-refractivity contribution in [3.05, 3.63) is 18.2 Å². The molecule has 0 saturated carbocycles. The van der Waals surface area contributed by atoms with Crippen molar-refractivity contribution in [1.82, 2.24) is 4.98 Å². The molecule has 0 atom stereocenters. The average molecular weight is 267 g/mol. The maximum absolute atomic E-state index is 11.2. The first-order valence-corrected chi connectivity index (χ1v) is 6.70. The van der Waals surface area contributed by atoms with Crippen LogP contribution in [0.15, 0.2) is 27.7 Å². The number of hydrogen-bond acceptors (Lipinski definition) is 6. The minimum Gasteiger partial charge on any atom is -0.411 e. The molecule has 7 heteroatoms. The third kappa shape index (κ3) is 2.75. The molecule has 0 unspecified atom stereocenters. The Labute approximate surface area is 106 Å². The Morgan fingerprint density at radius 1 is 1.65 bits per heavy atom. The summed E-state index contributed by atoms with van der Waals surface area (Å²) in [7, 11) is 0. The summed E-state index contributed by atoms with van der Waals surface area (Å²) in [5, 5.41) is 13.5. The summed E-state index contributed by atoms with van der Waals surface area (Å²) in [5.41, 5.74) is 1.56. The summed E-state index contributed by atoms with van der Waals surface area (Å²) in [6.07, 6.45) is 2.78. The van der Waals surface area contributed by atoms with Gasteiger partial charge in [0.1, 0.15) is 6.21 Å². The van der Waals surface area contributed by atoms with Gasteiger partial charge in [-0.1, -0.05) is 16.9 Å². The third-order valence-corrected chi connectivity index (χ3v) is 3.99. The summed E-state index contributed by atoms with van der Waals surface area (Å²) in [4.78, 5) is 15.6. The second-order valence-corrected chi connectivity index (χ2v) is 5.18. The first kappa shape index (κ1) is 11.9. The maximum atomic E-state index is 11.2. The van der Waals surface area contributed by atoms with Gasteiger partial charge in [0.25, 0.3) is 5.91 Å². The van der Waals surface area contributed by atoms with Gasteiger partial charge in [0.05, 0.1) is 10.2 Å². The zero-order valence-electron chi connectivity index (χ0n) is 8.88. The normalized spacial score (nSPS) is 11.1. The molecular weight excluding hydrogens is 258 g/mol. The van der Waals surface area contributed by atoms with E-state index in [9.17, 15) is 4.79 Å². The molecule has 1 amide bonds. The monoisotopic (exact) mass is 267 g/mol. The van der Waals surface area contributed by atoms with Gasteiger partial charge in [0, 0.05) is 5.69 Å². The Morgan fingerprint density at radius 2 is 2.47 bits per heavy atom. The first-order valence-electron chi connectivity index (χ1n) is 4.66. The van der Waals surface area contributed by atoms with Crippen LogP contribution >= 0.6 is 23.1 Å². The van der Waals surface area contributed by atoms with Crippen molar-refractivity contribution >= 4 is 51.1 Å². The third-order valence-electron chi connectivity index (χ3n) is 1.99. The Hall–Kier alpha value is -1.60. The number of carbonyl (C=O) groups excluding carboxylic acids is 1. The smallest absolute Gasteiger partial charge is 0.270 e. The lowest BCUT2D eigenvalue weighted by atomic mass is 10.3. The number of anilines is 1. The van der Waals surface area contributed by atoms with Crippen LogP contribution in [0.5, 0.6) is 0 Å². The average Bonchev–Trinajstić information content (AvgIpc) is 2.71. The van der Waals surface area contributed by atoms with Crippen molar-refractivity contribution < 1.29 is 10.0 Å². The van der Waals surface area contributed by atoms with Crippen LogP contribution in [-0.2, 0) is 4.79 Å². The van der Waals surface area contributed by atoms with E-state index in [4.69, 9.17) is 5.21 Å². The standard InChI is InChI=1S/C10H9N3O2S2/c1-16-10-13-7-3-2-6(4-8(7)17-10)12-9(14)5-11-15/h2-5,15H,1H3,(H,12,14)/b11-5+. The molecule has 0 aliphatic heterocycles. The second kappa shape index (κ2) is 5.15. The SMILES string of the molecule is CSc1nc2ccc(NC(=O)/C=N/O)cc2s1. The number of thioether (sulfide) groups is 1. The fraction of sp³-hybridized carbons (Fsp3) is 0.100. The van der Waals surface area contributed by atoms with Gasteiger partial charge in [-0.3, -0.25) is 4.79 Å². The summed E-state index contributed by atoms with van der Waals surface area (Å²) in [5.74, 6) is -0.471. The van der Waals surface area contributed by atoms with Crippen LogP contribution < -0.4 is 5.32 Å². The highest BCUT2D eigenvalue weighted by Gasteiger charge is 2.05. The van der Waals surface area contributed by atoms with E-state index in [-0.39, 0.29) is 0 Å². The molecule has 0 radical (unpaired) electrons. The minimum absolute atomic E-state index is 0.471. The molecule has 2 N–H and O–H groups in total. The van der Waals surface area contributed by atoms with Gasteiger partial charge < -0.3 is 10.5 Å². The Balaban J connectivity index is 2.27. The molecule has 1 aromatic heterocycles. The topological polar surface area (TPSA) is 74.6 Å². The molecule has 0 aliphatic carbocycles. The van der Waals surface area contributed by atoms with E-state index in [1.54, 1.807) is 29.2 Å². The van der Waals surface area contributed by atoms with E-state index in [1.807, 2.05) is 18.4 Å². The van der Waals surface area contributed by atoms with E-state index < -0.39 is 5.91 Å². The predicted octanol–water partition coefficient (Wildman–Crippen LogP) is 2.42. The Kier molecular flexibility index (Phi) is 3.60. The minimum atomic E-state index is -0.471. The molecule has 0 bridgehead atoms. The number of oxime groups is 1. The van der Waals surface area contributed by atoms with Crippen LogP contribution in [0.2, 0.25) is 0 Å². The van der Waals surface area contributed by atoms with Crippen LogP contribution in [0.1, 0.15) is 0 Å². The molecule has 2 rings (SSSR count). The molecule has 88 valence electrons. The molecule has 0 fully saturated rings. The number of amides is 1. The molecular formula is C10H9N3O2S2. The van der Waals surface area contributed by atoms with Crippen LogP contribution in [0.4, 0.5) is 5.69 Å². The number of fused-ring (bicyclic) bond motifs is 1. The Morgan fingerprint density at radius 3 is 3.18 bits per heavy atom. The van der Waals surface area contributed by atoms with Gasteiger partial charge in [0.15, 0.2) is 4.34 Å². The van der Waals surface area contributed by atoms with Crippen molar-refractivity contribution in [1.29, 1.82) is 0 Å². The zero-order valence-corrected chi connectivity index (χ0v) is 10.5. The molecule has 5 nitrogen and oxygen atoms in total. The lowest BCUT2D eigenvalue weighted by Crippen LogP contribution is -2.12. The summed E-state index contributed by atoms with van der Waals surface area (Å²) in [6.45, 7) is 0. The fourth-order valence-corrected chi connectivity index (χ4v) is 2.82. The number of benzene rings is 1. The number of carbonyl (C=O) groups is 1. The lowest BCUT2D eigenvalue weighted by Gasteiger charge is -2.00. The zero-order chi connectivity index (χ0) is 12.3. The molecule has 1 heterocycles. The van der Waals surface area contributed by atoms with Gasteiger partial charge in [-0.2, -0.15) is 0 Å². The van der Waals surface area contributed by atoms with Crippen LogP contribution in [-0.4, -0.2) is 28.6 Å². The molecule has 2 aromatic rings. The van der Waals surface area contributed by atoms with Crippen molar-refractivity contribution in [2.75, 3.05) is 11.6 Å². The summed E-state index contributed by atoms with van der Waals surface area (Å²) >= 11 is 3.16. The van der Waals surface area contributed by atoms with Gasteiger partial charge >= 0.3 is 0 Å². The number of nitrogens with one attached hydrogen (secondary N) is 1. The molecule has 1 aromatic carbocycles. The molecule has 17 heavy (non-hydrogen) atoms. The van der Waals surface area contributed by atoms with E-state index in [2.05, 4.69) is 15.5 Å². The molecule has 0 aliphatic rings. The number of thiazole rings is 1. The quantitative estimate of drug-likeness (QED) is 0.387. The first-order chi connectivity index (χ1) is 8.22. The van der Waals surface area contributed by atoms with Crippen LogP contribution in [0.25, 0.3) is 10.2 Å². The largest absolute Gasteiger partial charge is 0.411 e. The number of nitrogens with zero attached hydrogens (tertiary/aromatic N) is 2. The van der Waals surface area contributed by atoms with Crippen LogP contribution in [0.3, 0.4) is 0 Å². The van der Waals surface area contributed by atoms with Crippen molar-refractivity contribution in [2.45, 2.75) is 4.34 Å². The van der Waals surface area contributed by atoms with E-state index in [0.29, 0.717) is 5.69 Å². The van der Waals surface area contributed by atoms with E-state index >= 15 is 0 Å². The van der Waals surface area contributed by atoms with E-state index in [0.717, 1.165) is 20.8 Å². The summed E-state index contributed by atoms with van der Waals surface area (Å²) < 4.78 is 1.99. The van der Waals surface area contributed by atoms with Gasteiger partial charge in [-0.15, -0.1) is 11.3 Å². The second-order valence-electron chi connectivity index (χ2n) is 3.10. The molecule has 0 spiro atoms.